The maximum atomic E-state index is 4.75. The lowest BCUT2D eigenvalue weighted by atomic mass is 9.95. The van der Waals surface area contributed by atoms with Crippen molar-refractivity contribution in [1.82, 2.24) is 9.97 Å². The van der Waals surface area contributed by atoms with Crippen LogP contribution in [0.3, 0.4) is 0 Å². The Hall–Kier alpha value is -1.32. The molecule has 0 saturated carbocycles. The topological polar surface area (TPSA) is 41.1 Å². The molecule has 0 aromatic carbocycles. The molecule has 1 aromatic rings. The minimum absolute atomic E-state index is 0.0406. The van der Waals surface area contributed by atoms with Gasteiger partial charge in [0.05, 0.1) is 0 Å². The zero-order chi connectivity index (χ0) is 13.9. The standard InChI is InChI=1S/C14H26N4/c1-8-9-18(7)12-10(2)11(15-6)16-13(17-12)14(3,4)5/h8-9H2,1-7H3,(H,15,16,17). The van der Waals surface area contributed by atoms with Crippen molar-refractivity contribution in [3.8, 4) is 0 Å². The van der Waals surface area contributed by atoms with Crippen molar-refractivity contribution in [2.75, 3.05) is 30.9 Å². The van der Waals surface area contributed by atoms with E-state index in [0.717, 1.165) is 36.0 Å². The summed E-state index contributed by atoms with van der Waals surface area (Å²) in [6, 6.07) is 0. The van der Waals surface area contributed by atoms with Gasteiger partial charge >= 0.3 is 0 Å². The van der Waals surface area contributed by atoms with Gasteiger partial charge in [-0.25, -0.2) is 9.97 Å². The summed E-state index contributed by atoms with van der Waals surface area (Å²) in [6.07, 6.45) is 1.11. The van der Waals surface area contributed by atoms with Gasteiger partial charge in [-0.3, -0.25) is 0 Å². The Morgan fingerprint density at radius 1 is 1.22 bits per heavy atom. The molecule has 0 radical (unpaired) electrons. The highest BCUT2D eigenvalue weighted by atomic mass is 15.2. The molecule has 0 aliphatic carbocycles. The lowest BCUT2D eigenvalue weighted by molar-refractivity contribution is 0.544. The highest BCUT2D eigenvalue weighted by Gasteiger charge is 2.21. The van der Waals surface area contributed by atoms with E-state index in [4.69, 9.17) is 4.98 Å². The molecular formula is C14H26N4. The second kappa shape index (κ2) is 5.55. The van der Waals surface area contributed by atoms with Crippen LogP contribution in [-0.2, 0) is 5.41 Å². The zero-order valence-electron chi connectivity index (χ0n) is 12.8. The van der Waals surface area contributed by atoms with Gasteiger partial charge in [-0.2, -0.15) is 0 Å². The fourth-order valence-electron chi connectivity index (χ4n) is 1.90. The SMILES string of the molecule is CCCN(C)c1nc(C(C)(C)C)nc(NC)c1C. The van der Waals surface area contributed by atoms with Gasteiger partial charge in [-0.05, 0) is 13.3 Å². The molecule has 0 spiro atoms. The molecule has 18 heavy (non-hydrogen) atoms. The number of nitrogens with zero attached hydrogens (tertiary/aromatic N) is 3. The summed E-state index contributed by atoms with van der Waals surface area (Å²) in [5, 5.41) is 3.17. The van der Waals surface area contributed by atoms with Crippen molar-refractivity contribution in [1.29, 1.82) is 0 Å². The van der Waals surface area contributed by atoms with Gasteiger partial charge < -0.3 is 10.2 Å². The normalized spacial score (nSPS) is 11.5. The van der Waals surface area contributed by atoms with Crippen LogP contribution < -0.4 is 10.2 Å². The third-order valence-corrected chi connectivity index (χ3v) is 2.95. The van der Waals surface area contributed by atoms with E-state index >= 15 is 0 Å². The van der Waals surface area contributed by atoms with Gasteiger partial charge in [0.2, 0.25) is 0 Å². The molecule has 0 atom stereocenters. The molecule has 0 unspecified atom stereocenters. The Morgan fingerprint density at radius 2 is 1.83 bits per heavy atom. The Bertz CT molecular complexity index is 407. The molecule has 0 aliphatic heterocycles. The van der Waals surface area contributed by atoms with Gasteiger partial charge in [-0.15, -0.1) is 0 Å². The fraction of sp³-hybridized carbons (Fsp3) is 0.714. The summed E-state index contributed by atoms with van der Waals surface area (Å²) in [4.78, 5) is 11.6. The van der Waals surface area contributed by atoms with E-state index < -0.39 is 0 Å². The highest BCUT2D eigenvalue weighted by molar-refractivity contribution is 5.58. The van der Waals surface area contributed by atoms with Crippen molar-refractivity contribution in [2.24, 2.45) is 0 Å². The van der Waals surface area contributed by atoms with Crippen LogP contribution in [0.2, 0.25) is 0 Å². The maximum Gasteiger partial charge on any atom is 0.138 e. The van der Waals surface area contributed by atoms with E-state index in [2.05, 4.69) is 56.9 Å². The van der Waals surface area contributed by atoms with E-state index in [9.17, 15) is 0 Å². The summed E-state index contributed by atoms with van der Waals surface area (Å²) < 4.78 is 0. The monoisotopic (exact) mass is 250 g/mol. The van der Waals surface area contributed by atoms with Gasteiger partial charge in [0.25, 0.3) is 0 Å². The Kier molecular flexibility index (Phi) is 4.54. The lowest BCUT2D eigenvalue weighted by Crippen LogP contribution is -2.25. The number of hydrogen-bond acceptors (Lipinski definition) is 4. The number of rotatable bonds is 4. The molecule has 102 valence electrons. The molecule has 4 nitrogen and oxygen atoms in total. The van der Waals surface area contributed by atoms with Crippen LogP contribution in [0.5, 0.6) is 0 Å². The first kappa shape index (κ1) is 14.7. The lowest BCUT2D eigenvalue weighted by Gasteiger charge is -2.25. The van der Waals surface area contributed by atoms with Crippen molar-refractivity contribution < 1.29 is 0 Å². The Labute approximate surface area is 111 Å². The molecule has 1 aromatic heterocycles. The summed E-state index contributed by atoms with van der Waals surface area (Å²) in [7, 11) is 4.00. The van der Waals surface area contributed by atoms with Crippen molar-refractivity contribution >= 4 is 11.6 Å². The maximum absolute atomic E-state index is 4.75. The van der Waals surface area contributed by atoms with E-state index in [0.29, 0.717) is 0 Å². The van der Waals surface area contributed by atoms with Crippen molar-refractivity contribution in [3.05, 3.63) is 11.4 Å². The first-order chi connectivity index (χ1) is 8.31. The zero-order valence-corrected chi connectivity index (χ0v) is 12.8. The average molecular weight is 250 g/mol. The number of anilines is 2. The van der Waals surface area contributed by atoms with E-state index in [1.165, 1.54) is 0 Å². The van der Waals surface area contributed by atoms with Gasteiger partial charge in [-0.1, -0.05) is 27.7 Å². The van der Waals surface area contributed by atoms with Crippen LogP contribution in [0.4, 0.5) is 11.6 Å². The molecule has 1 N–H and O–H groups in total. The van der Waals surface area contributed by atoms with Crippen molar-refractivity contribution in [3.63, 3.8) is 0 Å². The minimum atomic E-state index is -0.0406. The minimum Gasteiger partial charge on any atom is -0.373 e. The van der Waals surface area contributed by atoms with E-state index in [1.54, 1.807) is 0 Å². The summed E-state index contributed by atoms with van der Waals surface area (Å²) in [5.41, 5.74) is 1.07. The molecular weight excluding hydrogens is 224 g/mol. The van der Waals surface area contributed by atoms with Crippen LogP contribution in [0.1, 0.15) is 45.5 Å². The third kappa shape index (κ3) is 3.12. The van der Waals surface area contributed by atoms with Crippen LogP contribution in [0, 0.1) is 6.92 Å². The smallest absolute Gasteiger partial charge is 0.138 e. The molecule has 0 saturated heterocycles. The van der Waals surface area contributed by atoms with Crippen LogP contribution in [0.25, 0.3) is 0 Å². The van der Waals surface area contributed by atoms with Crippen LogP contribution >= 0.6 is 0 Å². The predicted octanol–water partition coefficient (Wildman–Crippen LogP) is 2.97. The molecule has 1 rings (SSSR count). The number of aromatic nitrogens is 2. The summed E-state index contributed by atoms with van der Waals surface area (Å²) in [6.45, 7) is 11.7. The Morgan fingerprint density at radius 3 is 2.28 bits per heavy atom. The molecule has 0 aliphatic rings. The molecule has 0 fully saturated rings. The van der Waals surface area contributed by atoms with Gasteiger partial charge in [0.15, 0.2) is 0 Å². The second-order valence-electron chi connectivity index (χ2n) is 5.77. The molecule has 1 heterocycles. The molecule has 0 bridgehead atoms. The molecule has 4 heteroatoms. The van der Waals surface area contributed by atoms with E-state index in [1.807, 2.05) is 7.05 Å². The second-order valence-corrected chi connectivity index (χ2v) is 5.77. The number of hydrogen-bond donors (Lipinski definition) is 1. The number of nitrogens with one attached hydrogen (secondary N) is 1. The van der Waals surface area contributed by atoms with Crippen LogP contribution in [0.15, 0.2) is 0 Å². The van der Waals surface area contributed by atoms with Crippen molar-refractivity contribution in [2.45, 2.75) is 46.5 Å². The first-order valence-corrected chi connectivity index (χ1v) is 6.59. The average Bonchev–Trinajstić information content (AvgIpc) is 2.28. The first-order valence-electron chi connectivity index (χ1n) is 6.59. The Balaban J connectivity index is 3.31. The fourth-order valence-corrected chi connectivity index (χ4v) is 1.90. The summed E-state index contributed by atoms with van der Waals surface area (Å²) >= 11 is 0. The summed E-state index contributed by atoms with van der Waals surface area (Å²) in [5.74, 6) is 2.84. The largest absolute Gasteiger partial charge is 0.373 e. The highest BCUT2D eigenvalue weighted by Crippen LogP contribution is 2.27. The van der Waals surface area contributed by atoms with E-state index in [-0.39, 0.29) is 5.41 Å². The van der Waals surface area contributed by atoms with Crippen LogP contribution in [-0.4, -0.2) is 30.6 Å². The van der Waals surface area contributed by atoms with Gasteiger partial charge in [0, 0.05) is 31.6 Å². The predicted molar refractivity (Wildman–Crippen MR) is 78.6 cm³/mol. The third-order valence-electron chi connectivity index (χ3n) is 2.95. The molecule has 0 amide bonds. The van der Waals surface area contributed by atoms with Gasteiger partial charge in [0.1, 0.15) is 17.5 Å². The quantitative estimate of drug-likeness (QED) is 0.892.